The van der Waals surface area contributed by atoms with Gasteiger partial charge in [-0.3, -0.25) is 0 Å². The second-order valence-electron chi connectivity index (χ2n) is 5.56. The first-order chi connectivity index (χ1) is 8.53. The van der Waals surface area contributed by atoms with Crippen LogP contribution in [0.4, 0.5) is 0 Å². The number of fused-ring (bicyclic) bond motifs is 3. The van der Waals surface area contributed by atoms with E-state index in [1.165, 1.54) is 5.56 Å². The highest BCUT2D eigenvalue weighted by Crippen LogP contribution is 2.44. The van der Waals surface area contributed by atoms with E-state index in [9.17, 15) is 0 Å². The summed E-state index contributed by atoms with van der Waals surface area (Å²) < 4.78 is 6.05. The van der Waals surface area contributed by atoms with Crippen LogP contribution in [0.5, 0.6) is 0 Å². The van der Waals surface area contributed by atoms with Crippen LogP contribution in [0.15, 0.2) is 18.7 Å². The molecule has 4 heteroatoms. The van der Waals surface area contributed by atoms with Crippen molar-refractivity contribution in [1.29, 1.82) is 0 Å². The largest absolute Gasteiger partial charge is 0.369 e. The maximum atomic E-state index is 6.50. The van der Waals surface area contributed by atoms with E-state index in [1.807, 2.05) is 6.92 Å². The zero-order chi connectivity index (χ0) is 12.9. The average Bonchev–Trinajstić information content (AvgIpc) is 2.71. The van der Waals surface area contributed by atoms with E-state index >= 15 is 0 Å². The van der Waals surface area contributed by atoms with Gasteiger partial charge in [-0.1, -0.05) is 30.3 Å². The number of benzene rings is 1. The molecule has 2 atom stereocenters. The van der Waals surface area contributed by atoms with Crippen molar-refractivity contribution in [2.45, 2.75) is 32.0 Å². The molecule has 1 aromatic carbocycles. The predicted octanol–water partition coefficient (Wildman–Crippen LogP) is 3.77. The zero-order valence-corrected chi connectivity index (χ0v) is 12.8. The molecule has 0 aromatic heterocycles. The Balaban J connectivity index is 0.00000133. The number of hydrogen-bond donors (Lipinski definition) is 1. The van der Waals surface area contributed by atoms with Crippen molar-refractivity contribution >= 4 is 29.6 Å². The standard InChI is InChI=1S/C15H18ClNO.ClH/c1-9(2)10-4-5-11-12(14(10)16)7-18-15(3)8-17-6-13(11)15;/h4-5,13,17H,1,6-8H2,2-3H3;1H/t13-,15-;/m1./s1. The van der Waals surface area contributed by atoms with Crippen molar-refractivity contribution in [3.8, 4) is 0 Å². The minimum absolute atomic E-state index is 0. The fourth-order valence-electron chi connectivity index (χ4n) is 3.07. The maximum absolute atomic E-state index is 6.50. The van der Waals surface area contributed by atoms with Gasteiger partial charge < -0.3 is 10.1 Å². The summed E-state index contributed by atoms with van der Waals surface area (Å²) in [6, 6.07) is 4.29. The highest BCUT2D eigenvalue weighted by Gasteiger charge is 2.45. The number of hydrogen-bond acceptors (Lipinski definition) is 2. The van der Waals surface area contributed by atoms with Gasteiger partial charge >= 0.3 is 0 Å². The van der Waals surface area contributed by atoms with Crippen LogP contribution in [0.2, 0.25) is 5.02 Å². The Bertz CT molecular complexity index is 529. The van der Waals surface area contributed by atoms with E-state index < -0.39 is 0 Å². The van der Waals surface area contributed by atoms with Crippen molar-refractivity contribution in [2.75, 3.05) is 13.1 Å². The van der Waals surface area contributed by atoms with E-state index in [1.54, 1.807) is 0 Å². The number of ether oxygens (including phenoxy) is 1. The normalized spacial score (nSPS) is 28.3. The second kappa shape index (κ2) is 5.10. The minimum atomic E-state index is -0.0823. The number of rotatable bonds is 1. The molecule has 1 saturated heterocycles. The first kappa shape index (κ1) is 14.9. The summed E-state index contributed by atoms with van der Waals surface area (Å²) in [4.78, 5) is 0. The molecule has 0 spiro atoms. The summed E-state index contributed by atoms with van der Waals surface area (Å²) in [5.41, 5.74) is 4.43. The lowest BCUT2D eigenvalue weighted by atomic mass is 9.81. The Kier molecular flexibility index (Phi) is 3.99. The first-order valence-corrected chi connectivity index (χ1v) is 6.72. The lowest BCUT2D eigenvalue weighted by Gasteiger charge is -2.37. The first-order valence-electron chi connectivity index (χ1n) is 6.35. The van der Waals surface area contributed by atoms with E-state index in [2.05, 4.69) is 31.0 Å². The summed E-state index contributed by atoms with van der Waals surface area (Å²) in [6.07, 6.45) is 0. The van der Waals surface area contributed by atoms with Crippen molar-refractivity contribution in [3.05, 3.63) is 40.4 Å². The maximum Gasteiger partial charge on any atom is 0.0863 e. The van der Waals surface area contributed by atoms with Crippen molar-refractivity contribution in [2.24, 2.45) is 0 Å². The van der Waals surface area contributed by atoms with Gasteiger partial charge in [0.05, 0.1) is 17.2 Å². The zero-order valence-electron chi connectivity index (χ0n) is 11.3. The molecular weight excluding hydrogens is 281 g/mol. The monoisotopic (exact) mass is 299 g/mol. The Hall–Kier alpha value is -0.540. The smallest absolute Gasteiger partial charge is 0.0863 e. The van der Waals surface area contributed by atoms with Crippen LogP contribution in [0.1, 0.15) is 36.5 Å². The van der Waals surface area contributed by atoms with Gasteiger partial charge in [-0.15, -0.1) is 12.4 Å². The quantitative estimate of drug-likeness (QED) is 0.852. The van der Waals surface area contributed by atoms with Crippen LogP contribution >= 0.6 is 24.0 Å². The molecule has 1 fully saturated rings. The fraction of sp³-hybridized carbons (Fsp3) is 0.467. The topological polar surface area (TPSA) is 21.3 Å². The van der Waals surface area contributed by atoms with Gasteiger partial charge in [-0.05, 0) is 30.5 Å². The molecule has 0 unspecified atom stereocenters. The Morgan fingerprint density at radius 3 is 2.95 bits per heavy atom. The number of allylic oxidation sites excluding steroid dienone is 1. The molecule has 0 bridgehead atoms. The van der Waals surface area contributed by atoms with Crippen LogP contribution in [-0.2, 0) is 11.3 Å². The molecule has 0 saturated carbocycles. The van der Waals surface area contributed by atoms with Crippen molar-refractivity contribution < 1.29 is 4.74 Å². The second-order valence-corrected chi connectivity index (χ2v) is 5.94. The molecule has 1 N–H and O–H groups in total. The molecule has 2 aliphatic rings. The van der Waals surface area contributed by atoms with Gasteiger partial charge in [0.25, 0.3) is 0 Å². The van der Waals surface area contributed by atoms with E-state index in [0.717, 1.165) is 34.8 Å². The Morgan fingerprint density at radius 2 is 2.26 bits per heavy atom. The van der Waals surface area contributed by atoms with Gasteiger partial charge in [0, 0.05) is 24.6 Å². The Morgan fingerprint density at radius 1 is 1.53 bits per heavy atom. The molecule has 0 amide bonds. The van der Waals surface area contributed by atoms with Crippen LogP contribution in [0, 0.1) is 0 Å². The average molecular weight is 300 g/mol. The van der Waals surface area contributed by atoms with Gasteiger partial charge in [0.15, 0.2) is 0 Å². The van der Waals surface area contributed by atoms with Gasteiger partial charge in [0.1, 0.15) is 0 Å². The third-order valence-electron chi connectivity index (χ3n) is 4.22. The Labute approximate surface area is 125 Å². The van der Waals surface area contributed by atoms with Crippen molar-refractivity contribution in [3.63, 3.8) is 0 Å². The summed E-state index contributed by atoms with van der Waals surface area (Å²) in [7, 11) is 0. The molecule has 2 aliphatic heterocycles. The van der Waals surface area contributed by atoms with Crippen LogP contribution in [0.3, 0.4) is 0 Å². The third-order valence-corrected chi connectivity index (χ3v) is 4.65. The van der Waals surface area contributed by atoms with Crippen LogP contribution in [-0.4, -0.2) is 18.7 Å². The molecule has 0 aliphatic carbocycles. The molecule has 2 nitrogen and oxygen atoms in total. The molecule has 0 radical (unpaired) electrons. The van der Waals surface area contributed by atoms with E-state index in [4.69, 9.17) is 16.3 Å². The molecule has 3 rings (SSSR count). The molecular formula is C15H19Cl2NO. The minimum Gasteiger partial charge on any atom is -0.369 e. The fourth-order valence-corrected chi connectivity index (χ4v) is 3.46. The lowest BCUT2D eigenvalue weighted by Crippen LogP contribution is -2.39. The van der Waals surface area contributed by atoms with Crippen molar-refractivity contribution in [1.82, 2.24) is 5.32 Å². The summed E-state index contributed by atoms with van der Waals surface area (Å²) in [5.74, 6) is 0.401. The highest BCUT2D eigenvalue weighted by atomic mass is 35.5. The lowest BCUT2D eigenvalue weighted by molar-refractivity contribution is -0.0517. The van der Waals surface area contributed by atoms with E-state index in [-0.39, 0.29) is 18.0 Å². The molecule has 104 valence electrons. The predicted molar refractivity (Wildman–Crippen MR) is 82.2 cm³/mol. The van der Waals surface area contributed by atoms with Gasteiger partial charge in [0.2, 0.25) is 0 Å². The van der Waals surface area contributed by atoms with Gasteiger partial charge in [-0.25, -0.2) is 0 Å². The third kappa shape index (κ3) is 2.21. The van der Waals surface area contributed by atoms with Gasteiger partial charge in [-0.2, -0.15) is 0 Å². The van der Waals surface area contributed by atoms with Crippen LogP contribution < -0.4 is 5.32 Å². The van der Waals surface area contributed by atoms with E-state index in [0.29, 0.717) is 12.5 Å². The summed E-state index contributed by atoms with van der Waals surface area (Å²) in [5, 5.41) is 4.23. The summed E-state index contributed by atoms with van der Waals surface area (Å²) >= 11 is 6.50. The van der Waals surface area contributed by atoms with Crippen LogP contribution in [0.25, 0.3) is 5.57 Å². The summed E-state index contributed by atoms with van der Waals surface area (Å²) in [6.45, 7) is 10.6. The number of halogens is 2. The molecule has 1 aromatic rings. The molecule has 2 heterocycles. The number of nitrogens with one attached hydrogen (secondary N) is 1. The molecule has 19 heavy (non-hydrogen) atoms. The SMILES string of the molecule is C=C(C)c1ccc2c(c1Cl)CO[C@]1(C)CNC[C@H]21.Cl. The highest BCUT2D eigenvalue weighted by molar-refractivity contribution is 6.33.